The summed E-state index contributed by atoms with van der Waals surface area (Å²) >= 11 is 5.08. The Morgan fingerprint density at radius 2 is 2.39 bits per heavy atom. The van der Waals surface area contributed by atoms with Gasteiger partial charge in [-0.25, -0.2) is 0 Å². The second-order valence-electron chi connectivity index (χ2n) is 4.44. The van der Waals surface area contributed by atoms with Crippen molar-refractivity contribution in [3.05, 3.63) is 28.2 Å². The first-order valence-electron chi connectivity index (χ1n) is 5.70. The zero-order chi connectivity index (χ0) is 13.2. The third-order valence-corrected chi connectivity index (χ3v) is 5.22. The first-order chi connectivity index (χ1) is 8.55. The first kappa shape index (κ1) is 13.4. The Balaban J connectivity index is 2.15. The normalized spacial score (nSPS) is 22.5. The van der Waals surface area contributed by atoms with Crippen LogP contribution in [0.25, 0.3) is 0 Å². The van der Waals surface area contributed by atoms with Crippen molar-refractivity contribution < 1.29 is 4.79 Å². The van der Waals surface area contributed by atoms with Crippen molar-refractivity contribution in [2.45, 2.75) is 24.5 Å². The lowest BCUT2D eigenvalue weighted by atomic mass is 10.0. The van der Waals surface area contributed by atoms with Gasteiger partial charge in [0.05, 0.1) is 22.1 Å². The highest BCUT2D eigenvalue weighted by molar-refractivity contribution is 9.10. The van der Waals surface area contributed by atoms with Gasteiger partial charge in [-0.05, 0) is 59.6 Å². The highest BCUT2D eigenvalue weighted by Crippen LogP contribution is 2.39. The SMILES string of the molecule is CC1(C(=O)Nc2ccc(C#N)cc2Br)CCCS1. The summed E-state index contributed by atoms with van der Waals surface area (Å²) in [6, 6.07) is 7.22. The van der Waals surface area contributed by atoms with Crippen molar-refractivity contribution in [3.63, 3.8) is 0 Å². The molecule has 2 rings (SSSR count). The zero-order valence-electron chi connectivity index (χ0n) is 10.00. The molecular formula is C13H13BrN2OS. The number of thioether (sulfide) groups is 1. The van der Waals surface area contributed by atoms with Gasteiger partial charge in [0, 0.05) is 4.47 Å². The van der Waals surface area contributed by atoms with Crippen molar-refractivity contribution in [1.29, 1.82) is 5.26 Å². The molecule has 18 heavy (non-hydrogen) atoms. The molecule has 1 aromatic rings. The summed E-state index contributed by atoms with van der Waals surface area (Å²) < 4.78 is 0.411. The molecule has 0 bridgehead atoms. The van der Waals surface area contributed by atoms with Crippen molar-refractivity contribution in [2.24, 2.45) is 0 Å². The summed E-state index contributed by atoms with van der Waals surface area (Å²) in [5, 5.41) is 11.7. The van der Waals surface area contributed by atoms with Gasteiger partial charge in [-0.15, -0.1) is 11.8 Å². The quantitative estimate of drug-likeness (QED) is 0.905. The predicted molar refractivity (Wildman–Crippen MR) is 77.6 cm³/mol. The van der Waals surface area contributed by atoms with E-state index >= 15 is 0 Å². The predicted octanol–water partition coefficient (Wildman–Crippen LogP) is 3.54. The fraction of sp³-hybridized carbons (Fsp3) is 0.385. The molecule has 1 aliphatic heterocycles. The Kier molecular flexibility index (Phi) is 3.98. The molecule has 1 fully saturated rings. The van der Waals surface area contributed by atoms with Crippen LogP contribution in [0.15, 0.2) is 22.7 Å². The summed E-state index contributed by atoms with van der Waals surface area (Å²) in [5.41, 5.74) is 1.29. The van der Waals surface area contributed by atoms with Crippen LogP contribution < -0.4 is 5.32 Å². The summed E-state index contributed by atoms with van der Waals surface area (Å²) in [6.07, 6.45) is 2.00. The van der Waals surface area contributed by atoms with Crippen LogP contribution in [0, 0.1) is 11.3 Å². The zero-order valence-corrected chi connectivity index (χ0v) is 12.4. The smallest absolute Gasteiger partial charge is 0.240 e. The molecule has 0 aromatic heterocycles. The minimum atomic E-state index is -0.326. The topological polar surface area (TPSA) is 52.9 Å². The van der Waals surface area contributed by atoms with Crippen LogP contribution in [0.3, 0.4) is 0 Å². The summed E-state index contributed by atoms with van der Waals surface area (Å²) in [4.78, 5) is 12.2. The Hall–Kier alpha value is -0.990. The number of nitrogens with one attached hydrogen (secondary N) is 1. The van der Waals surface area contributed by atoms with E-state index in [1.54, 1.807) is 30.0 Å². The van der Waals surface area contributed by atoms with Crippen molar-refractivity contribution in [3.8, 4) is 6.07 Å². The molecule has 3 nitrogen and oxygen atoms in total. The van der Waals surface area contributed by atoms with E-state index in [-0.39, 0.29) is 10.7 Å². The number of anilines is 1. The van der Waals surface area contributed by atoms with E-state index in [0.717, 1.165) is 23.1 Å². The third kappa shape index (κ3) is 2.70. The van der Waals surface area contributed by atoms with E-state index in [9.17, 15) is 4.79 Å². The van der Waals surface area contributed by atoms with E-state index in [4.69, 9.17) is 5.26 Å². The lowest BCUT2D eigenvalue weighted by Gasteiger charge is -2.21. The standard InChI is InChI=1S/C13H13BrN2OS/c1-13(5-2-6-18-13)12(17)16-11-4-3-9(8-15)7-10(11)14/h3-4,7H,2,5-6H2,1H3,(H,16,17). The maximum Gasteiger partial charge on any atom is 0.240 e. The molecule has 1 N–H and O–H groups in total. The highest BCUT2D eigenvalue weighted by Gasteiger charge is 2.37. The van der Waals surface area contributed by atoms with E-state index in [0.29, 0.717) is 11.3 Å². The van der Waals surface area contributed by atoms with Gasteiger partial charge in [0.25, 0.3) is 0 Å². The largest absolute Gasteiger partial charge is 0.324 e. The maximum atomic E-state index is 12.2. The van der Waals surface area contributed by atoms with E-state index in [2.05, 4.69) is 27.3 Å². The minimum absolute atomic E-state index is 0.0374. The molecule has 0 spiro atoms. The minimum Gasteiger partial charge on any atom is -0.324 e. The number of nitriles is 1. The molecule has 1 aliphatic rings. The number of carbonyl (C=O) groups is 1. The lowest BCUT2D eigenvalue weighted by molar-refractivity contribution is -0.118. The van der Waals surface area contributed by atoms with Gasteiger partial charge < -0.3 is 5.32 Å². The van der Waals surface area contributed by atoms with Crippen LogP contribution >= 0.6 is 27.7 Å². The van der Waals surface area contributed by atoms with Crippen LogP contribution in [-0.2, 0) is 4.79 Å². The number of amides is 1. The third-order valence-electron chi connectivity index (χ3n) is 3.05. The molecule has 1 aromatic carbocycles. The fourth-order valence-corrected chi connectivity index (χ4v) is 3.59. The number of hydrogen-bond donors (Lipinski definition) is 1. The van der Waals surface area contributed by atoms with E-state index in [1.165, 1.54) is 0 Å². The molecule has 0 aliphatic carbocycles. The van der Waals surface area contributed by atoms with Crippen LogP contribution in [0.4, 0.5) is 5.69 Å². The van der Waals surface area contributed by atoms with Crippen LogP contribution in [0.5, 0.6) is 0 Å². The second kappa shape index (κ2) is 5.33. The molecule has 94 valence electrons. The summed E-state index contributed by atoms with van der Waals surface area (Å²) in [5.74, 6) is 1.08. The molecule has 1 heterocycles. The van der Waals surface area contributed by atoms with Gasteiger partial charge in [0.15, 0.2) is 0 Å². The monoisotopic (exact) mass is 324 g/mol. The molecule has 1 atom stereocenters. The Bertz CT molecular complexity index is 518. The first-order valence-corrected chi connectivity index (χ1v) is 7.48. The van der Waals surface area contributed by atoms with Crippen molar-refractivity contribution in [1.82, 2.24) is 0 Å². The number of benzene rings is 1. The average molecular weight is 325 g/mol. The van der Waals surface area contributed by atoms with Gasteiger partial charge >= 0.3 is 0 Å². The van der Waals surface area contributed by atoms with Crippen LogP contribution in [-0.4, -0.2) is 16.4 Å². The molecule has 0 saturated carbocycles. The van der Waals surface area contributed by atoms with Crippen molar-refractivity contribution in [2.75, 3.05) is 11.1 Å². The second-order valence-corrected chi connectivity index (χ2v) is 6.90. The van der Waals surface area contributed by atoms with Crippen LogP contribution in [0.1, 0.15) is 25.3 Å². The number of halogens is 1. The summed E-state index contributed by atoms with van der Waals surface area (Å²) in [6.45, 7) is 1.98. The van der Waals surface area contributed by atoms with Gasteiger partial charge in [-0.2, -0.15) is 5.26 Å². The van der Waals surface area contributed by atoms with E-state index in [1.807, 2.05) is 6.92 Å². The maximum absolute atomic E-state index is 12.2. The van der Waals surface area contributed by atoms with Gasteiger partial charge in [-0.1, -0.05) is 0 Å². The fourth-order valence-electron chi connectivity index (χ4n) is 1.90. The molecular weight excluding hydrogens is 312 g/mol. The van der Waals surface area contributed by atoms with Gasteiger partial charge in [0.2, 0.25) is 5.91 Å². The van der Waals surface area contributed by atoms with E-state index < -0.39 is 0 Å². The number of hydrogen-bond acceptors (Lipinski definition) is 3. The summed E-state index contributed by atoms with van der Waals surface area (Å²) in [7, 11) is 0. The van der Waals surface area contributed by atoms with Gasteiger partial charge in [-0.3, -0.25) is 4.79 Å². The number of nitrogens with zero attached hydrogens (tertiary/aromatic N) is 1. The molecule has 1 amide bonds. The number of carbonyl (C=O) groups excluding carboxylic acids is 1. The highest BCUT2D eigenvalue weighted by atomic mass is 79.9. The van der Waals surface area contributed by atoms with Gasteiger partial charge in [0.1, 0.15) is 0 Å². The van der Waals surface area contributed by atoms with Crippen LogP contribution in [0.2, 0.25) is 0 Å². The average Bonchev–Trinajstić information content (AvgIpc) is 2.80. The van der Waals surface area contributed by atoms with Crippen molar-refractivity contribution >= 4 is 39.3 Å². The number of rotatable bonds is 2. The Morgan fingerprint density at radius 1 is 1.61 bits per heavy atom. The molecule has 0 radical (unpaired) electrons. The molecule has 5 heteroatoms. The lowest BCUT2D eigenvalue weighted by Crippen LogP contribution is -2.34. The Labute approximate surface area is 119 Å². The molecule has 1 unspecified atom stereocenters. The Morgan fingerprint density at radius 3 is 2.94 bits per heavy atom. The molecule has 1 saturated heterocycles.